The highest BCUT2D eigenvalue weighted by Crippen LogP contribution is 2.14. The SMILES string of the molecule is N#Cc1ccc(NCC(=O)Nc2ccc(Br)cc2)cc1. The summed E-state index contributed by atoms with van der Waals surface area (Å²) in [6.45, 7) is 0.169. The van der Waals surface area contributed by atoms with Crippen LogP contribution in [0.4, 0.5) is 11.4 Å². The topological polar surface area (TPSA) is 64.9 Å². The number of nitrogens with one attached hydrogen (secondary N) is 2. The minimum absolute atomic E-state index is 0.128. The first kappa shape index (κ1) is 14.1. The Morgan fingerprint density at radius 2 is 1.65 bits per heavy atom. The number of nitriles is 1. The van der Waals surface area contributed by atoms with Gasteiger partial charge in [-0.1, -0.05) is 15.9 Å². The third-order valence-electron chi connectivity index (χ3n) is 2.60. The first-order chi connectivity index (χ1) is 9.67. The number of nitrogens with zero attached hydrogens (tertiary/aromatic N) is 1. The van der Waals surface area contributed by atoms with Crippen molar-refractivity contribution in [1.82, 2.24) is 0 Å². The number of benzene rings is 2. The van der Waals surface area contributed by atoms with E-state index in [1.165, 1.54) is 0 Å². The van der Waals surface area contributed by atoms with E-state index in [1.54, 1.807) is 24.3 Å². The molecule has 0 saturated carbocycles. The van der Waals surface area contributed by atoms with Crippen LogP contribution in [-0.2, 0) is 4.79 Å². The van der Waals surface area contributed by atoms with Crippen molar-refractivity contribution in [2.75, 3.05) is 17.2 Å². The van der Waals surface area contributed by atoms with Gasteiger partial charge < -0.3 is 10.6 Å². The van der Waals surface area contributed by atoms with Gasteiger partial charge in [-0.05, 0) is 48.5 Å². The van der Waals surface area contributed by atoms with Crippen molar-refractivity contribution in [2.24, 2.45) is 0 Å². The number of amides is 1. The molecule has 0 aliphatic rings. The number of anilines is 2. The van der Waals surface area contributed by atoms with E-state index in [0.717, 1.165) is 15.8 Å². The third kappa shape index (κ3) is 4.11. The molecule has 2 N–H and O–H groups in total. The average Bonchev–Trinajstić information content (AvgIpc) is 2.48. The molecule has 0 aliphatic heterocycles. The molecule has 2 aromatic carbocycles. The number of carbonyl (C=O) groups is 1. The average molecular weight is 330 g/mol. The van der Waals surface area contributed by atoms with Crippen LogP contribution in [0.15, 0.2) is 53.0 Å². The molecule has 0 radical (unpaired) electrons. The van der Waals surface area contributed by atoms with Gasteiger partial charge in [0.2, 0.25) is 5.91 Å². The van der Waals surface area contributed by atoms with E-state index in [0.29, 0.717) is 5.56 Å². The lowest BCUT2D eigenvalue weighted by molar-refractivity contribution is -0.114. The number of carbonyl (C=O) groups excluding carboxylic acids is 1. The van der Waals surface area contributed by atoms with Gasteiger partial charge in [-0.2, -0.15) is 5.26 Å². The molecule has 0 aromatic heterocycles. The van der Waals surface area contributed by atoms with E-state index in [2.05, 4.69) is 26.6 Å². The Morgan fingerprint density at radius 1 is 1.05 bits per heavy atom. The molecule has 4 nitrogen and oxygen atoms in total. The minimum Gasteiger partial charge on any atom is -0.376 e. The summed E-state index contributed by atoms with van der Waals surface area (Å²) in [4.78, 5) is 11.8. The van der Waals surface area contributed by atoms with Gasteiger partial charge in [-0.15, -0.1) is 0 Å². The zero-order chi connectivity index (χ0) is 14.4. The van der Waals surface area contributed by atoms with Crippen LogP contribution < -0.4 is 10.6 Å². The Labute approximate surface area is 125 Å². The van der Waals surface area contributed by atoms with Gasteiger partial charge in [0.05, 0.1) is 18.2 Å². The fraction of sp³-hybridized carbons (Fsp3) is 0.0667. The lowest BCUT2D eigenvalue weighted by Crippen LogP contribution is -2.21. The van der Waals surface area contributed by atoms with Crippen molar-refractivity contribution in [3.8, 4) is 6.07 Å². The van der Waals surface area contributed by atoms with Gasteiger partial charge in [-0.3, -0.25) is 4.79 Å². The Kier molecular flexibility index (Phi) is 4.75. The number of hydrogen-bond donors (Lipinski definition) is 2. The largest absolute Gasteiger partial charge is 0.376 e. The normalized spacial score (nSPS) is 9.60. The number of hydrogen-bond acceptors (Lipinski definition) is 3. The summed E-state index contributed by atoms with van der Waals surface area (Å²) in [5.41, 5.74) is 2.14. The molecule has 0 heterocycles. The van der Waals surface area contributed by atoms with E-state index in [-0.39, 0.29) is 12.5 Å². The van der Waals surface area contributed by atoms with Gasteiger partial charge in [-0.25, -0.2) is 0 Å². The van der Waals surface area contributed by atoms with E-state index in [9.17, 15) is 4.79 Å². The van der Waals surface area contributed by atoms with Gasteiger partial charge in [0, 0.05) is 15.8 Å². The fourth-order valence-electron chi connectivity index (χ4n) is 1.58. The first-order valence-corrected chi connectivity index (χ1v) is 6.76. The molecule has 0 atom stereocenters. The summed E-state index contributed by atoms with van der Waals surface area (Å²) < 4.78 is 0.964. The van der Waals surface area contributed by atoms with Gasteiger partial charge >= 0.3 is 0 Å². The zero-order valence-electron chi connectivity index (χ0n) is 10.6. The first-order valence-electron chi connectivity index (χ1n) is 5.97. The van der Waals surface area contributed by atoms with Crippen LogP contribution in [0, 0.1) is 11.3 Å². The van der Waals surface area contributed by atoms with Crippen LogP contribution in [0.1, 0.15) is 5.56 Å². The smallest absolute Gasteiger partial charge is 0.243 e. The molecular formula is C15H12BrN3O. The lowest BCUT2D eigenvalue weighted by Gasteiger charge is -2.08. The van der Waals surface area contributed by atoms with Crippen LogP contribution in [0.2, 0.25) is 0 Å². The molecule has 0 bridgehead atoms. The van der Waals surface area contributed by atoms with Gasteiger partial charge in [0.25, 0.3) is 0 Å². The fourth-order valence-corrected chi connectivity index (χ4v) is 1.85. The van der Waals surface area contributed by atoms with Crippen LogP contribution in [-0.4, -0.2) is 12.5 Å². The molecular weight excluding hydrogens is 318 g/mol. The number of halogens is 1. The highest BCUT2D eigenvalue weighted by atomic mass is 79.9. The van der Waals surface area contributed by atoms with Crippen molar-refractivity contribution in [1.29, 1.82) is 5.26 Å². The summed E-state index contributed by atoms with van der Waals surface area (Å²) in [7, 11) is 0. The quantitative estimate of drug-likeness (QED) is 0.903. The summed E-state index contributed by atoms with van der Waals surface area (Å²) >= 11 is 3.34. The van der Waals surface area contributed by atoms with Crippen LogP contribution in [0.5, 0.6) is 0 Å². The summed E-state index contributed by atoms with van der Waals surface area (Å²) in [6.07, 6.45) is 0. The second-order valence-electron chi connectivity index (χ2n) is 4.10. The highest BCUT2D eigenvalue weighted by molar-refractivity contribution is 9.10. The van der Waals surface area contributed by atoms with Crippen molar-refractivity contribution in [2.45, 2.75) is 0 Å². The number of rotatable bonds is 4. The van der Waals surface area contributed by atoms with Crippen molar-refractivity contribution < 1.29 is 4.79 Å². The Hall–Kier alpha value is -2.32. The lowest BCUT2D eigenvalue weighted by atomic mass is 10.2. The summed E-state index contributed by atoms with van der Waals surface area (Å²) in [5, 5.41) is 14.5. The molecule has 0 saturated heterocycles. The zero-order valence-corrected chi connectivity index (χ0v) is 12.1. The molecule has 0 aliphatic carbocycles. The monoisotopic (exact) mass is 329 g/mol. The Bertz CT molecular complexity index is 630. The van der Waals surface area contributed by atoms with Crippen molar-refractivity contribution in [3.05, 3.63) is 58.6 Å². The summed E-state index contributed by atoms with van der Waals surface area (Å²) in [6, 6.07) is 16.4. The van der Waals surface area contributed by atoms with Gasteiger partial charge in [0.15, 0.2) is 0 Å². The van der Waals surface area contributed by atoms with Gasteiger partial charge in [0.1, 0.15) is 0 Å². The second kappa shape index (κ2) is 6.73. The standard InChI is InChI=1S/C15H12BrN3O/c16-12-3-7-14(8-4-12)19-15(20)10-18-13-5-1-11(9-17)2-6-13/h1-8,18H,10H2,(H,19,20). The molecule has 0 unspecified atom stereocenters. The maximum Gasteiger partial charge on any atom is 0.243 e. The molecule has 0 spiro atoms. The van der Waals surface area contributed by atoms with E-state index < -0.39 is 0 Å². The second-order valence-corrected chi connectivity index (χ2v) is 5.01. The molecule has 100 valence electrons. The van der Waals surface area contributed by atoms with E-state index in [4.69, 9.17) is 5.26 Å². The molecule has 5 heteroatoms. The predicted molar refractivity (Wildman–Crippen MR) is 82.4 cm³/mol. The molecule has 20 heavy (non-hydrogen) atoms. The summed E-state index contributed by atoms with van der Waals surface area (Å²) in [5.74, 6) is -0.128. The van der Waals surface area contributed by atoms with E-state index >= 15 is 0 Å². The van der Waals surface area contributed by atoms with Crippen molar-refractivity contribution in [3.63, 3.8) is 0 Å². The predicted octanol–water partition coefficient (Wildman–Crippen LogP) is 3.37. The van der Waals surface area contributed by atoms with E-state index in [1.807, 2.05) is 30.3 Å². The molecule has 1 amide bonds. The maximum atomic E-state index is 11.8. The van der Waals surface area contributed by atoms with Crippen LogP contribution in [0.25, 0.3) is 0 Å². The Balaban J connectivity index is 1.85. The molecule has 2 aromatic rings. The Morgan fingerprint density at radius 3 is 2.25 bits per heavy atom. The molecule has 0 fully saturated rings. The van der Waals surface area contributed by atoms with Crippen LogP contribution in [0.3, 0.4) is 0 Å². The van der Waals surface area contributed by atoms with Crippen molar-refractivity contribution >= 4 is 33.2 Å². The minimum atomic E-state index is -0.128. The highest BCUT2D eigenvalue weighted by Gasteiger charge is 2.02. The van der Waals surface area contributed by atoms with Crippen LogP contribution >= 0.6 is 15.9 Å². The molecule has 2 rings (SSSR count). The maximum absolute atomic E-state index is 11.8. The third-order valence-corrected chi connectivity index (χ3v) is 3.12.